The van der Waals surface area contributed by atoms with Crippen LogP contribution in [0.1, 0.15) is 25.7 Å². The third kappa shape index (κ3) is 1.92. The van der Waals surface area contributed by atoms with Gasteiger partial charge in [0.1, 0.15) is 12.4 Å². The summed E-state index contributed by atoms with van der Waals surface area (Å²) in [6.07, 6.45) is 4.14. The molecule has 128 valence electrons. The Labute approximate surface area is 140 Å². The van der Waals surface area contributed by atoms with E-state index in [1.165, 1.54) is 23.8 Å². The average Bonchev–Trinajstić information content (AvgIpc) is 3.20. The highest BCUT2D eigenvalue weighted by atomic mass is 19.1. The molecule has 24 heavy (non-hydrogen) atoms. The van der Waals surface area contributed by atoms with Crippen molar-refractivity contribution in [3.05, 3.63) is 24.0 Å². The standard InChI is InChI=1S/C18H21FN2O3/c19-14-2-1-12(10-16(14)21-6-8-23-17(21)22)20-15-3-5-18-11(4-7-24-18)9-13(15)18/h1-2,10-11,13,15,20H,3-9H2. The number of carbonyl (C=O) groups excluding carboxylic acids is 1. The van der Waals surface area contributed by atoms with Crippen molar-refractivity contribution in [1.29, 1.82) is 0 Å². The van der Waals surface area contributed by atoms with Crippen molar-refractivity contribution >= 4 is 17.5 Å². The molecule has 6 heteroatoms. The normalized spacial score (nSPS) is 37.0. The first-order chi connectivity index (χ1) is 11.7. The lowest BCUT2D eigenvalue weighted by Crippen LogP contribution is -2.53. The van der Waals surface area contributed by atoms with Crippen LogP contribution in [-0.2, 0) is 9.47 Å². The van der Waals surface area contributed by atoms with Gasteiger partial charge in [0.25, 0.3) is 0 Å². The molecule has 1 amide bonds. The van der Waals surface area contributed by atoms with E-state index in [4.69, 9.17) is 9.47 Å². The van der Waals surface area contributed by atoms with E-state index >= 15 is 0 Å². The number of benzene rings is 1. The van der Waals surface area contributed by atoms with Gasteiger partial charge in [-0.1, -0.05) is 0 Å². The van der Waals surface area contributed by atoms with E-state index in [0.29, 0.717) is 30.8 Å². The van der Waals surface area contributed by atoms with Gasteiger partial charge >= 0.3 is 6.09 Å². The predicted octanol–water partition coefficient (Wildman–Crippen LogP) is 3.15. The van der Waals surface area contributed by atoms with Crippen LogP contribution in [0.25, 0.3) is 0 Å². The van der Waals surface area contributed by atoms with E-state index in [9.17, 15) is 9.18 Å². The topological polar surface area (TPSA) is 50.8 Å². The van der Waals surface area contributed by atoms with Crippen molar-refractivity contribution in [3.63, 3.8) is 0 Å². The zero-order valence-electron chi connectivity index (χ0n) is 13.5. The van der Waals surface area contributed by atoms with Crippen molar-refractivity contribution in [3.8, 4) is 0 Å². The minimum atomic E-state index is -0.480. The SMILES string of the molecule is O=C1OCCN1c1cc(NC2CCC34OCCC3CC24)ccc1F. The second-order valence-electron chi connectivity index (χ2n) is 7.35. The van der Waals surface area contributed by atoms with Crippen molar-refractivity contribution in [2.75, 3.05) is 30.0 Å². The number of anilines is 2. The highest BCUT2D eigenvalue weighted by Crippen LogP contribution is 2.61. The Morgan fingerprint density at radius 3 is 3.00 bits per heavy atom. The zero-order valence-corrected chi connectivity index (χ0v) is 13.5. The van der Waals surface area contributed by atoms with Gasteiger partial charge in [0, 0.05) is 24.3 Å². The Balaban J connectivity index is 1.36. The summed E-state index contributed by atoms with van der Waals surface area (Å²) in [5.41, 5.74) is 1.26. The summed E-state index contributed by atoms with van der Waals surface area (Å²) in [5.74, 6) is 0.887. The molecule has 2 saturated heterocycles. The van der Waals surface area contributed by atoms with Crippen LogP contribution in [0.5, 0.6) is 0 Å². The van der Waals surface area contributed by atoms with Crippen LogP contribution in [0.4, 0.5) is 20.6 Å². The molecule has 5 nitrogen and oxygen atoms in total. The quantitative estimate of drug-likeness (QED) is 0.924. The number of ether oxygens (including phenoxy) is 2. The summed E-state index contributed by atoms with van der Waals surface area (Å²) < 4.78 is 25.2. The lowest BCUT2D eigenvalue weighted by atomic mass is 9.62. The molecule has 4 aliphatic rings. The van der Waals surface area contributed by atoms with Crippen LogP contribution < -0.4 is 10.2 Å². The van der Waals surface area contributed by atoms with Gasteiger partial charge in [0.05, 0.1) is 17.8 Å². The summed E-state index contributed by atoms with van der Waals surface area (Å²) in [7, 11) is 0. The average molecular weight is 332 g/mol. The summed E-state index contributed by atoms with van der Waals surface area (Å²) in [6.45, 7) is 1.59. The maximum Gasteiger partial charge on any atom is 0.414 e. The summed E-state index contributed by atoms with van der Waals surface area (Å²) in [5, 5.41) is 3.56. The summed E-state index contributed by atoms with van der Waals surface area (Å²) >= 11 is 0. The number of halogens is 1. The number of amides is 1. The molecule has 0 bridgehead atoms. The van der Waals surface area contributed by atoms with E-state index in [1.54, 1.807) is 12.1 Å². The van der Waals surface area contributed by atoms with E-state index in [2.05, 4.69) is 5.32 Å². The fourth-order valence-corrected chi connectivity index (χ4v) is 5.18. The van der Waals surface area contributed by atoms with Crippen LogP contribution in [0.3, 0.4) is 0 Å². The van der Waals surface area contributed by atoms with Crippen molar-refractivity contribution in [2.45, 2.75) is 37.3 Å². The number of nitrogens with one attached hydrogen (secondary N) is 1. The fraction of sp³-hybridized carbons (Fsp3) is 0.611. The lowest BCUT2D eigenvalue weighted by Gasteiger charge is -2.49. The molecule has 2 heterocycles. The minimum Gasteiger partial charge on any atom is -0.447 e. The van der Waals surface area contributed by atoms with Gasteiger partial charge in [0.2, 0.25) is 0 Å². The number of carbonyl (C=O) groups is 1. The molecule has 1 N–H and O–H groups in total. The maximum atomic E-state index is 14.1. The first kappa shape index (κ1) is 14.5. The van der Waals surface area contributed by atoms with Crippen molar-refractivity contribution in [1.82, 2.24) is 0 Å². The van der Waals surface area contributed by atoms with E-state index in [-0.39, 0.29) is 5.60 Å². The molecule has 4 unspecified atom stereocenters. The van der Waals surface area contributed by atoms with Gasteiger partial charge < -0.3 is 14.8 Å². The highest BCUT2D eigenvalue weighted by molar-refractivity contribution is 5.90. The number of rotatable bonds is 3. The van der Waals surface area contributed by atoms with Gasteiger partial charge in [-0.05, 0) is 49.8 Å². The predicted molar refractivity (Wildman–Crippen MR) is 86.6 cm³/mol. The highest BCUT2D eigenvalue weighted by Gasteiger charge is 2.64. The molecule has 2 saturated carbocycles. The molecule has 1 aromatic carbocycles. The van der Waals surface area contributed by atoms with Crippen molar-refractivity contribution in [2.24, 2.45) is 11.8 Å². The Morgan fingerprint density at radius 1 is 1.29 bits per heavy atom. The van der Waals surface area contributed by atoms with Crippen LogP contribution in [0.2, 0.25) is 0 Å². The van der Waals surface area contributed by atoms with Gasteiger partial charge in [-0.25, -0.2) is 9.18 Å². The van der Waals surface area contributed by atoms with E-state index in [0.717, 1.165) is 31.1 Å². The third-order valence-corrected chi connectivity index (χ3v) is 6.38. The Hall–Kier alpha value is -1.82. The fourth-order valence-electron chi connectivity index (χ4n) is 5.18. The first-order valence-electron chi connectivity index (χ1n) is 8.82. The van der Waals surface area contributed by atoms with Crippen LogP contribution in [-0.4, -0.2) is 37.5 Å². The van der Waals surface area contributed by atoms with Crippen molar-refractivity contribution < 1.29 is 18.7 Å². The first-order valence-corrected chi connectivity index (χ1v) is 8.82. The summed E-state index contributed by atoms with van der Waals surface area (Å²) in [6, 6.07) is 5.25. The summed E-state index contributed by atoms with van der Waals surface area (Å²) in [4.78, 5) is 13.1. The molecule has 4 atom stereocenters. The monoisotopic (exact) mass is 332 g/mol. The number of hydrogen-bond donors (Lipinski definition) is 1. The number of hydrogen-bond acceptors (Lipinski definition) is 4. The van der Waals surface area contributed by atoms with Gasteiger partial charge in [-0.3, -0.25) is 4.90 Å². The smallest absolute Gasteiger partial charge is 0.414 e. The Morgan fingerprint density at radius 2 is 2.21 bits per heavy atom. The molecule has 4 fully saturated rings. The maximum absolute atomic E-state index is 14.1. The van der Waals surface area contributed by atoms with Crippen LogP contribution in [0.15, 0.2) is 18.2 Å². The Bertz CT molecular complexity index is 697. The van der Waals surface area contributed by atoms with Gasteiger partial charge in [-0.15, -0.1) is 0 Å². The molecule has 2 aliphatic carbocycles. The van der Waals surface area contributed by atoms with Gasteiger partial charge in [-0.2, -0.15) is 0 Å². The molecule has 1 spiro atoms. The number of cyclic esters (lactones) is 1. The van der Waals surface area contributed by atoms with Gasteiger partial charge in [0.15, 0.2) is 0 Å². The van der Waals surface area contributed by atoms with Crippen LogP contribution >= 0.6 is 0 Å². The molecular weight excluding hydrogens is 311 g/mol. The lowest BCUT2D eigenvalue weighted by molar-refractivity contribution is -0.117. The van der Waals surface area contributed by atoms with E-state index < -0.39 is 11.9 Å². The molecule has 2 aliphatic heterocycles. The second-order valence-corrected chi connectivity index (χ2v) is 7.35. The second kappa shape index (κ2) is 5.09. The largest absolute Gasteiger partial charge is 0.447 e. The Kier molecular flexibility index (Phi) is 3.08. The number of nitrogens with zero attached hydrogens (tertiary/aromatic N) is 1. The molecule has 0 aromatic heterocycles. The molecule has 1 aromatic rings. The minimum absolute atomic E-state index is 0.110. The van der Waals surface area contributed by atoms with Crippen LogP contribution in [0, 0.1) is 17.7 Å². The third-order valence-electron chi connectivity index (χ3n) is 6.38. The zero-order chi connectivity index (χ0) is 16.3. The van der Waals surface area contributed by atoms with E-state index in [1.807, 2.05) is 0 Å². The molecule has 5 rings (SSSR count). The molecular formula is C18H21FN2O3. The molecule has 0 radical (unpaired) electrons.